The zero-order valence-electron chi connectivity index (χ0n) is 19.1. The molecule has 1 aromatic rings. The summed E-state index contributed by atoms with van der Waals surface area (Å²) < 4.78 is 0. The molecular weight excluding hydrogens is 494 g/mol. The van der Waals surface area contributed by atoms with Gasteiger partial charge in [0.1, 0.15) is 18.1 Å². The Balaban J connectivity index is 2.96. The van der Waals surface area contributed by atoms with Gasteiger partial charge < -0.3 is 38.3 Å². The molecule has 0 aliphatic rings. The lowest BCUT2D eigenvalue weighted by Gasteiger charge is -2.24. The average Bonchev–Trinajstić information content (AvgIpc) is 2.83. The smallest absolute Gasteiger partial charge is 0.326 e. The van der Waals surface area contributed by atoms with Gasteiger partial charge in [-0.15, -0.1) is 0 Å². The Bertz CT molecular complexity index is 884. The molecule has 10 N–H and O–H groups in total. The van der Waals surface area contributed by atoms with Gasteiger partial charge in [0, 0.05) is 24.5 Å². The number of carboxylic acids is 1. The van der Waals surface area contributed by atoms with Crippen molar-refractivity contribution in [1.29, 1.82) is 0 Å². The largest absolute Gasteiger partial charge is 0.480 e. The van der Waals surface area contributed by atoms with Crippen LogP contribution in [0.3, 0.4) is 0 Å². The highest BCUT2D eigenvalue weighted by Gasteiger charge is 2.29. The molecule has 0 bridgehead atoms. The highest BCUT2D eigenvalue weighted by molar-refractivity contribution is 7.80. The molecule has 194 valence electrons. The minimum Gasteiger partial charge on any atom is -0.480 e. The molecule has 0 radical (unpaired) electrons. The van der Waals surface area contributed by atoms with E-state index in [9.17, 15) is 24.3 Å². The third-order valence-electron chi connectivity index (χ3n) is 4.82. The van der Waals surface area contributed by atoms with Crippen LogP contribution in [-0.2, 0) is 25.6 Å². The van der Waals surface area contributed by atoms with Gasteiger partial charge in [-0.3, -0.25) is 19.4 Å². The Hall–Kier alpha value is -2.97. The molecule has 0 aliphatic heterocycles. The lowest BCUT2D eigenvalue weighted by Crippen LogP contribution is -2.58. The van der Waals surface area contributed by atoms with Crippen LogP contribution in [0.25, 0.3) is 0 Å². The Morgan fingerprint density at radius 1 is 0.886 bits per heavy atom. The number of nitrogens with one attached hydrogen (secondary N) is 3. The Morgan fingerprint density at radius 2 is 1.46 bits per heavy atom. The number of thiol groups is 2. The quantitative estimate of drug-likeness (QED) is 0.0537. The number of nitrogens with two attached hydrogens (primary N) is 3. The number of carbonyl (C=O) groups excluding carboxylic acids is 3. The molecule has 0 heterocycles. The van der Waals surface area contributed by atoms with Gasteiger partial charge in [0.05, 0.1) is 6.04 Å². The molecule has 0 saturated heterocycles. The Morgan fingerprint density at radius 3 is 2.00 bits per heavy atom. The molecule has 12 nitrogen and oxygen atoms in total. The van der Waals surface area contributed by atoms with E-state index in [2.05, 4.69) is 46.2 Å². The summed E-state index contributed by atoms with van der Waals surface area (Å²) in [6.07, 6.45) is 0.470. The van der Waals surface area contributed by atoms with Crippen LogP contribution in [0.5, 0.6) is 0 Å². The van der Waals surface area contributed by atoms with Crippen LogP contribution in [0.15, 0.2) is 35.3 Å². The standard InChI is InChI=1S/C21H33N7O5S2/c22-13(10-34)17(29)28-16(11-35)19(31)26-14(7-4-8-25-21(23)24)18(30)27-15(20(32)33)9-12-5-2-1-3-6-12/h1-3,5-6,13-16,34-35H,4,7-11,22H2,(H,26,31)(H,27,30)(H,28,29)(H,32,33)(H4,23,24,25). The molecule has 0 aromatic heterocycles. The Labute approximate surface area is 214 Å². The molecule has 3 amide bonds. The minimum absolute atomic E-state index is 0.0491. The summed E-state index contributed by atoms with van der Waals surface area (Å²) in [5, 5.41) is 17.1. The molecule has 1 rings (SSSR count). The predicted molar refractivity (Wildman–Crippen MR) is 139 cm³/mol. The fourth-order valence-corrected chi connectivity index (χ4v) is 3.35. The number of hydrogen-bond donors (Lipinski definition) is 9. The van der Waals surface area contributed by atoms with E-state index in [-0.39, 0.29) is 36.9 Å². The number of guanidine groups is 1. The van der Waals surface area contributed by atoms with E-state index in [4.69, 9.17) is 17.2 Å². The Kier molecular flexibility index (Phi) is 13.6. The number of benzene rings is 1. The van der Waals surface area contributed by atoms with Crippen molar-refractivity contribution in [3.05, 3.63) is 35.9 Å². The van der Waals surface area contributed by atoms with Gasteiger partial charge in [-0.1, -0.05) is 30.3 Å². The second-order valence-electron chi connectivity index (χ2n) is 7.63. The van der Waals surface area contributed by atoms with Gasteiger partial charge >= 0.3 is 5.97 Å². The van der Waals surface area contributed by atoms with Crippen LogP contribution in [0, 0.1) is 0 Å². The molecule has 0 fully saturated rings. The van der Waals surface area contributed by atoms with Crippen LogP contribution in [0.1, 0.15) is 18.4 Å². The van der Waals surface area contributed by atoms with Crippen molar-refractivity contribution in [3.8, 4) is 0 Å². The molecule has 0 saturated carbocycles. The monoisotopic (exact) mass is 527 g/mol. The van der Waals surface area contributed by atoms with E-state index < -0.39 is 47.9 Å². The first-order valence-corrected chi connectivity index (χ1v) is 12.1. The third kappa shape index (κ3) is 11.3. The van der Waals surface area contributed by atoms with Gasteiger partial charge in [-0.2, -0.15) is 25.3 Å². The van der Waals surface area contributed by atoms with Gasteiger partial charge in [0.15, 0.2) is 5.96 Å². The minimum atomic E-state index is -1.23. The number of aliphatic imine (C=N–C) groups is 1. The first-order valence-electron chi connectivity index (χ1n) is 10.8. The van der Waals surface area contributed by atoms with Crippen LogP contribution in [0.2, 0.25) is 0 Å². The second-order valence-corrected chi connectivity index (χ2v) is 8.36. The summed E-state index contributed by atoms with van der Waals surface area (Å²) in [4.78, 5) is 53.4. The number of carboxylic acid groups (broad SMARTS) is 1. The molecule has 0 aliphatic carbocycles. The zero-order chi connectivity index (χ0) is 26.4. The van der Waals surface area contributed by atoms with Crippen molar-refractivity contribution in [2.45, 2.75) is 43.4 Å². The van der Waals surface area contributed by atoms with Gasteiger partial charge in [-0.25, -0.2) is 4.79 Å². The number of carbonyl (C=O) groups is 4. The van der Waals surface area contributed by atoms with Gasteiger partial charge in [0.25, 0.3) is 0 Å². The summed E-state index contributed by atoms with van der Waals surface area (Å²) in [5.41, 5.74) is 17.0. The van der Waals surface area contributed by atoms with Crippen LogP contribution >= 0.6 is 25.3 Å². The number of aliphatic carboxylic acids is 1. The first kappa shape index (κ1) is 30.1. The SMILES string of the molecule is NC(N)=NCCCC(NC(=O)C(CS)NC(=O)C(N)CS)C(=O)NC(Cc1ccccc1)C(=O)O. The average molecular weight is 528 g/mol. The van der Waals surface area contributed by atoms with E-state index in [1.807, 2.05) is 0 Å². The molecular formula is C21H33N7O5S2. The van der Waals surface area contributed by atoms with Crippen molar-refractivity contribution in [3.63, 3.8) is 0 Å². The third-order valence-corrected chi connectivity index (χ3v) is 5.58. The molecule has 4 unspecified atom stereocenters. The molecule has 4 atom stereocenters. The number of amides is 3. The van der Waals surface area contributed by atoms with E-state index in [1.165, 1.54) is 0 Å². The van der Waals surface area contributed by atoms with Crippen LogP contribution < -0.4 is 33.2 Å². The fraction of sp³-hybridized carbons (Fsp3) is 0.476. The van der Waals surface area contributed by atoms with Crippen molar-refractivity contribution in [2.24, 2.45) is 22.2 Å². The summed E-state index contributed by atoms with van der Waals surface area (Å²) in [7, 11) is 0. The summed E-state index contributed by atoms with van der Waals surface area (Å²) in [6, 6.07) is 4.44. The maximum Gasteiger partial charge on any atom is 0.326 e. The topological polar surface area (TPSA) is 215 Å². The predicted octanol–water partition coefficient (Wildman–Crippen LogP) is -1.99. The van der Waals surface area contributed by atoms with Gasteiger partial charge in [0.2, 0.25) is 17.7 Å². The lowest BCUT2D eigenvalue weighted by atomic mass is 10.0. The second kappa shape index (κ2) is 15.8. The number of rotatable bonds is 15. The van der Waals surface area contributed by atoms with E-state index in [0.717, 1.165) is 0 Å². The molecule has 14 heteroatoms. The maximum atomic E-state index is 13.0. The fourth-order valence-electron chi connectivity index (χ4n) is 2.92. The number of hydrogen-bond acceptors (Lipinski definition) is 8. The summed E-state index contributed by atoms with van der Waals surface area (Å²) in [5.74, 6) is -3.33. The van der Waals surface area contributed by atoms with E-state index in [1.54, 1.807) is 30.3 Å². The highest BCUT2D eigenvalue weighted by atomic mass is 32.1. The van der Waals surface area contributed by atoms with E-state index in [0.29, 0.717) is 12.0 Å². The normalized spacial score (nSPS) is 14.0. The van der Waals surface area contributed by atoms with E-state index >= 15 is 0 Å². The summed E-state index contributed by atoms with van der Waals surface area (Å²) >= 11 is 8.04. The van der Waals surface area contributed by atoms with Crippen molar-refractivity contribution < 1.29 is 24.3 Å². The number of nitrogens with zero attached hydrogens (tertiary/aromatic N) is 1. The maximum absolute atomic E-state index is 13.0. The van der Waals surface area contributed by atoms with Crippen molar-refractivity contribution in [1.82, 2.24) is 16.0 Å². The van der Waals surface area contributed by atoms with Gasteiger partial charge in [-0.05, 0) is 18.4 Å². The highest BCUT2D eigenvalue weighted by Crippen LogP contribution is 2.06. The van der Waals surface area contributed by atoms with Crippen LogP contribution in [0.4, 0.5) is 0 Å². The van der Waals surface area contributed by atoms with Crippen LogP contribution in [-0.4, -0.2) is 77.0 Å². The molecule has 35 heavy (non-hydrogen) atoms. The van der Waals surface area contributed by atoms with Crippen molar-refractivity contribution in [2.75, 3.05) is 18.1 Å². The zero-order valence-corrected chi connectivity index (χ0v) is 20.9. The van der Waals surface area contributed by atoms with Crippen molar-refractivity contribution >= 4 is 54.9 Å². The summed E-state index contributed by atoms with van der Waals surface area (Å²) in [6.45, 7) is 0.192. The molecule has 1 aromatic carbocycles. The first-order chi connectivity index (χ1) is 16.6. The lowest BCUT2D eigenvalue weighted by molar-refractivity contribution is -0.142. The molecule has 0 spiro atoms.